The van der Waals surface area contributed by atoms with Gasteiger partial charge in [0.25, 0.3) is 0 Å². The Bertz CT molecular complexity index is 283. The van der Waals surface area contributed by atoms with Gasteiger partial charge in [-0.05, 0) is 13.1 Å². The summed E-state index contributed by atoms with van der Waals surface area (Å²) in [6.45, 7) is 9.68. The summed E-state index contributed by atoms with van der Waals surface area (Å²) in [4.78, 5) is 2.16. The molecule has 2 aliphatic rings. The predicted octanol–water partition coefficient (Wildman–Crippen LogP) is 0.572. The molecule has 18 heavy (non-hydrogen) atoms. The second-order valence-electron chi connectivity index (χ2n) is 5.00. The summed E-state index contributed by atoms with van der Waals surface area (Å²) in [6.07, 6.45) is 2.73. The largest absolute Gasteiger partial charge is 0.383 e. The number of hydrogen-bond acceptors (Lipinski definition) is 5. The maximum absolute atomic E-state index is 6.05. The van der Waals surface area contributed by atoms with E-state index in [1.165, 1.54) is 0 Å². The first-order valence-corrected chi connectivity index (χ1v) is 6.58. The van der Waals surface area contributed by atoms with Crippen LogP contribution in [0.2, 0.25) is 0 Å². The summed E-state index contributed by atoms with van der Waals surface area (Å²) in [5.41, 5.74) is -0.292. The molecule has 0 aromatic heterocycles. The van der Waals surface area contributed by atoms with Crippen LogP contribution in [0.15, 0.2) is 12.8 Å². The third kappa shape index (κ3) is 2.69. The van der Waals surface area contributed by atoms with E-state index in [1.54, 1.807) is 7.11 Å². The van der Waals surface area contributed by atoms with E-state index in [2.05, 4.69) is 23.7 Å². The highest BCUT2D eigenvalue weighted by atomic mass is 16.5. The Morgan fingerprint density at radius 3 is 3.00 bits per heavy atom. The van der Waals surface area contributed by atoms with Crippen molar-refractivity contribution in [1.82, 2.24) is 10.2 Å². The van der Waals surface area contributed by atoms with Crippen molar-refractivity contribution in [3.8, 4) is 0 Å². The topological polar surface area (TPSA) is 43.0 Å². The van der Waals surface area contributed by atoms with Crippen molar-refractivity contribution in [3.63, 3.8) is 0 Å². The van der Waals surface area contributed by atoms with Gasteiger partial charge in [-0.25, -0.2) is 0 Å². The van der Waals surface area contributed by atoms with Gasteiger partial charge in [0, 0.05) is 26.1 Å². The Balaban J connectivity index is 2.09. The Labute approximate surface area is 109 Å². The smallest absolute Gasteiger partial charge is 0.144 e. The fourth-order valence-corrected chi connectivity index (χ4v) is 2.77. The highest BCUT2D eigenvalue weighted by Gasteiger charge is 2.48. The van der Waals surface area contributed by atoms with Crippen molar-refractivity contribution in [2.24, 2.45) is 0 Å². The summed E-state index contributed by atoms with van der Waals surface area (Å²) >= 11 is 0. The highest BCUT2D eigenvalue weighted by molar-refractivity contribution is 5.01. The van der Waals surface area contributed by atoms with Gasteiger partial charge < -0.3 is 19.1 Å². The van der Waals surface area contributed by atoms with Crippen LogP contribution < -0.4 is 5.32 Å². The van der Waals surface area contributed by atoms with Crippen molar-refractivity contribution < 1.29 is 14.2 Å². The van der Waals surface area contributed by atoms with Crippen LogP contribution in [0.4, 0.5) is 0 Å². The van der Waals surface area contributed by atoms with Gasteiger partial charge in [0.15, 0.2) is 0 Å². The summed E-state index contributed by atoms with van der Waals surface area (Å²) < 4.78 is 16.8. The number of methoxy groups -OCH3 is 1. The average molecular weight is 256 g/mol. The minimum atomic E-state index is -0.292. The van der Waals surface area contributed by atoms with Crippen molar-refractivity contribution in [2.75, 3.05) is 40.1 Å². The summed E-state index contributed by atoms with van der Waals surface area (Å²) in [7, 11) is 1.71. The lowest BCUT2D eigenvalue weighted by molar-refractivity contribution is -0.140. The number of rotatable bonds is 5. The van der Waals surface area contributed by atoms with Gasteiger partial charge in [-0.1, -0.05) is 6.58 Å². The molecule has 0 aromatic carbocycles. The van der Waals surface area contributed by atoms with Gasteiger partial charge >= 0.3 is 0 Å². The Kier molecular flexibility index (Phi) is 4.61. The van der Waals surface area contributed by atoms with Gasteiger partial charge in [-0.2, -0.15) is 0 Å². The first-order chi connectivity index (χ1) is 8.72. The molecule has 0 aromatic rings. The molecule has 0 radical (unpaired) electrons. The molecule has 1 N–H and O–H groups in total. The zero-order chi connectivity index (χ0) is 13.0. The van der Waals surface area contributed by atoms with Gasteiger partial charge in [0.05, 0.1) is 32.5 Å². The van der Waals surface area contributed by atoms with E-state index in [9.17, 15) is 0 Å². The molecule has 0 unspecified atom stereocenters. The molecule has 5 nitrogen and oxygen atoms in total. The molecule has 0 amide bonds. The number of nitrogens with zero attached hydrogens (tertiary/aromatic N) is 1. The van der Waals surface area contributed by atoms with Crippen LogP contribution in [0.3, 0.4) is 0 Å². The Hall–Kier alpha value is -0.620. The van der Waals surface area contributed by atoms with Gasteiger partial charge in [0.1, 0.15) is 5.72 Å². The molecule has 1 spiro atoms. The van der Waals surface area contributed by atoms with Crippen molar-refractivity contribution in [2.45, 2.75) is 31.2 Å². The highest BCUT2D eigenvalue weighted by Crippen LogP contribution is 2.31. The SMILES string of the molecule is C=CN(CCOC)[C@H]1COCC[C@@]12N[C@H](C)CO2. The lowest BCUT2D eigenvalue weighted by Gasteiger charge is -2.45. The van der Waals surface area contributed by atoms with Crippen molar-refractivity contribution in [1.29, 1.82) is 0 Å². The van der Waals surface area contributed by atoms with E-state index in [0.29, 0.717) is 19.3 Å². The fraction of sp³-hybridized carbons (Fsp3) is 0.846. The maximum atomic E-state index is 6.05. The predicted molar refractivity (Wildman–Crippen MR) is 69.3 cm³/mol. The molecular weight excluding hydrogens is 232 g/mol. The molecule has 2 rings (SSSR count). The number of nitrogens with one attached hydrogen (secondary N) is 1. The molecule has 2 aliphatic heterocycles. The molecule has 2 heterocycles. The zero-order valence-electron chi connectivity index (χ0n) is 11.4. The summed E-state index contributed by atoms with van der Waals surface area (Å²) in [5, 5.41) is 3.58. The lowest BCUT2D eigenvalue weighted by Crippen LogP contribution is -2.63. The molecule has 3 atom stereocenters. The second-order valence-corrected chi connectivity index (χ2v) is 5.00. The van der Waals surface area contributed by atoms with Crippen LogP contribution in [-0.4, -0.2) is 62.8 Å². The van der Waals surface area contributed by atoms with E-state index in [0.717, 1.165) is 26.2 Å². The van der Waals surface area contributed by atoms with E-state index in [1.807, 2.05) is 6.20 Å². The van der Waals surface area contributed by atoms with Crippen LogP contribution in [0.5, 0.6) is 0 Å². The van der Waals surface area contributed by atoms with Crippen LogP contribution >= 0.6 is 0 Å². The summed E-state index contributed by atoms with van der Waals surface area (Å²) in [6, 6.07) is 0.545. The van der Waals surface area contributed by atoms with Crippen molar-refractivity contribution in [3.05, 3.63) is 12.8 Å². The summed E-state index contributed by atoms with van der Waals surface area (Å²) in [5.74, 6) is 0. The first kappa shape index (κ1) is 13.8. The first-order valence-electron chi connectivity index (χ1n) is 6.58. The van der Waals surface area contributed by atoms with Crippen LogP contribution in [0, 0.1) is 0 Å². The lowest BCUT2D eigenvalue weighted by atomic mass is 9.97. The third-order valence-corrected chi connectivity index (χ3v) is 3.70. The maximum Gasteiger partial charge on any atom is 0.144 e. The fourth-order valence-electron chi connectivity index (χ4n) is 2.77. The van der Waals surface area contributed by atoms with Crippen molar-refractivity contribution >= 4 is 0 Å². The van der Waals surface area contributed by atoms with E-state index in [-0.39, 0.29) is 11.8 Å². The molecule has 0 saturated carbocycles. The zero-order valence-corrected chi connectivity index (χ0v) is 11.4. The van der Waals surface area contributed by atoms with E-state index < -0.39 is 0 Å². The molecule has 0 bridgehead atoms. The molecule has 5 heteroatoms. The van der Waals surface area contributed by atoms with Gasteiger partial charge in [0.2, 0.25) is 0 Å². The minimum absolute atomic E-state index is 0.156. The molecule has 104 valence electrons. The van der Waals surface area contributed by atoms with Gasteiger partial charge in [-0.15, -0.1) is 0 Å². The third-order valence-electron chi connectivity index (χ3n) is 3.70. The minimum Gasteiger partial charge on any atom is -0.383 e. The second kappa shape index (κ2) is 6.02. The molecule has 2 saturated heterocycles. The Morgan fingerprint density at radius 2 is 2.39 bits per heavy atom. The average Bonchev–Trinajstić information content (AvgIpc) is 2.74. The Morgan fingerprint density at radius 1 is 1.56 bits per heavy atom. The van der Waals surface area contributed by atoms with Crippen LogP contribution in [0.25, 0.3) is 0 Å². The molecule has 0 aliphatic carbocycles. The quantitative estimate of drug-likeness (QED) is 0.779. The number of hydrogen-bond donors (Lipinski definition) is 1. The van der Waals surface area contributed by atoms with E-state index >= 15 is 0 Å². The van der Waals surface area contributed by atoms with Crippen LogP contribution in [0.1, 0.15) is 13.3 Å². The standard InChI is InChI=1S/C13H24N2O3/c1-4-15(6-8-16-3)12-10-17-7-5-13(12)14-11(2)9-18-13/h4,11-12,14H,1,5-10H2,2-3H3/t11-,12+,13+/m1/s1. The normalized spacial score (nSPS) is 35.9. The number of ether oxygens (including phenoxy) is 3. The monoisotopic (exact) mass is 256 g/mol. The molecule has 2 fully saturated rings. The van der Waals surface area contributed by atoms with Gasteiger partial charge in [-0.3, -0.25) is 5.32 Å². The molecular formula is C13H24N2O3. The van der Waals surface area contributed by atoms with E-state index in [4.69, 9.17) is 14.2 Å². The van der Waals surface area contributed by atoms with Crippen LogP contribution in [-0.2, 0) is 14.2 Å².